The molecule has 0 spiro atoms. The van der Waals surface area contributed by atoms with Crippen molar-refractivity contribution in [1.82, 2.24) is 46.6 Å². The molecule has 4 aliphatic heterocycles. The second kappa shape index (κ2) is 52.0. The summed E-state index contributed by atoms with van der Waals surface area (Å²) in [5.74, 6) is -7.53. The summed E-state index contributed by atoms with van der Waals surface area (Å²) in [4.78, 5) is 205. The second-order valence-corrected chi connectivity index (χ2v) is 36.4. The molecule has 1 unspecified atom stereocenters. The van der Waals surface area contributed by atoms with E-state index in [1.807, 2.05) is 24.3 Å². The Kier molecular flexibility index (Phi) is 46.3. The molecule has 3 saturated carbocycles. The van der Waals surface area contributed by atoms with Crippen LogP contribution in [0, 0.1) is 17.8 Å². The molecule has 9 amide bonds. The molecule has 0 aromatic rings. The van der Waals surface area contributed by atoms with Crippen molar-refractivity contribution < 1.29 is 155 Å². The van der Waals surface area contributed by atoms with Crippen molar-refractivity contribution >= 4 is 95.7 Å². The molecule has 9 N–H and O–H groups in total. The third kappa shape index (κ3) is 37.2. The Hall–Kier alpha value is -10.0. The maximum absolute atomic E-state index is 13.9. The molecular formula is C90H144LiN9O28. The molecule has 6 fully saturated rings. The van der Waals surface area contributed by atoms with E-state index in [1.54, 1.807) is 116 Å². The normalized spacial score (nSPS) is 25.1. The molecule has 718 valence electrons. The summed E-state index contributed by atoms with van der Waals surface area (Å²) >= 11 is 0. The third-order valence-electron chi connectivity index (χ3n) is 21.0. The van der Waals surface area contributed by atoms with Crippen molar-refractivity contribution in [2.24, 2.45) is 17.8 Å². The molecular weight excluding hydrogens is 1660 g/mol. The van der Waals surface area contributed by atoms with Gasteiger partial charge in [-0.15, -0.1) is 26.3 Å². The first-order valence-corrected chi connectivity index (χ1v) is 43.8. The molecule has 0 bridgehead atoms. The van der Waals surface area contributed by atoms with Gasteiger partial charge in [-0.3, -0.25) is 43.3 Å². The number of unbranched alkanes of at least 4 members (excludes halogenated alkanes) is 6. The minimum absolute atomic E-state index is 0. The molecule has 0 aromatic heterocycles. The number of carboxylic acid groups (broad SMARTS) is 1. The van der Waals surface area contributed by atoms with Gasteiger partial charge in [0.25, 0.3) is 0 Å². The fraction of sp³-hybridized carbons (Fsp3) is 0.711. The number of carbonyl (C=O) groups is 16. The van der Waals surface area contributed by atoms with Crippen LogP contribution in [0.15, 0.2) is 62.8 Å². The van der Waals surface area contributed by atoms with Gasteiger partial charge in [0.05, 0.1) is 39.5 Å². The van der Waals surface area contributed by atoms with Crippen LogP contribution in [0.25, 0.3) is 0 Å². The fourth-order valence-corrected chi connectivity index (χ4v) is 14.9. The minimum Gasteiger partial charge on any atom is -1.00 e. The quantitative estimate of drug-likeness (QED) is 0.0124. The van der Waals surface area contributed by atoms with Crippen LogP contribution in [-0.4, -0.2) is 254 Å². The fourth-order valence-electron chi connectivity index (χ4n) is 14.9. The number of fused-ring (bicyclic) bond motifs is 2. The molecule has 7 aliphatic rings. The van der Waals surface area contributed by atoms with Crippen molar-refractivity contribution in [1.29, 1.82) is 0 Å². The van der Waals surface area contributed by atoms with Crippen molar-refractivity contribution in [3.8, 4) is 0 Å². The van der Waals surface area contributed by atoms with Crippen LogP contribution in [0.1, 0.15) is 261 Å². The molecule has 128 heavy (non-hydrogen) atoms. The predicted molar refractivity (Wildman–Crippen MR) is 466 cm³/mol. The van der Waals surface area contributed by atoms with E-state index in [9.17, 15) is 76.7 Å². The van der Waals surface area contributed by atoms with Gasteiger partial charge in [-0.1, -0.05) is 75.0 Å². The number of amides is 9. The van der Waals surface area contributed by atoms with Gasteiger partial charge in [0.1, 0.15) is 93.6 Å². The SMILES string of the molecule is C=CCCCCCC(NC(=O)OC(C)(C)C)C(=O)O.C=CCCCCC[C@H](NC(=O)OC(C)(C)C)C(=O)N1C[C@H](OC(C)=O)C[C@H]1C(=O)N[C@]1(C(=O)OCC)C[C@H]1C=C.C=C[C@@H]1C[C@]1(NC(=O)[C@@H]1C[C@@H](OC(C)=O)CN1C(=O)OC(C)(C)C)C(=O)OCC.CCOC(=O)[C@@]12C[C@H]1/C=C\CCCCC[C@H](NC(=O)OC(C)(C)C)C(=O)N1C[C@H](OC(C)=O)C[C@H]1C(=O)N2.O.[H-].[Li+]. The number of hydrogen-bond donors (Lipinski definition) is 7. The first-order chi connectivity index (χ1) is 58.8. The zero-order chi connectivity index (χ0) is 95.0. The molecule has 7 rings (SSSR count). The molecule has 37 nitrogen and oxygen atoms in total. The van der Waals surface area contributed by atoms with E-state index in [4.69, 9.17) is 52.5 Å². The van der Waals surface area contributed by atoms with Gasteiger partial charge in [0, 0.05) is 57.8 Å². The van der Waals surface area contributed by atoms with E-state index < -0.39 is 189 Å². The van der Waals surface area contributed by atoms with E-state index in [1.165, 1.54) is 35.5 Å². The number of esters is 6. The van der Waals surface area contributed by atoms with Gasteiger partial charge in [0.15, 0.2) is 0 Å². The molecule has 3 aliphatic carbocycles. The van der Waals surface area contributed by atoms with Crippen molar-refractivity contribution in [3.63, 3.8) is 0 Å². The summed E-state index contributed by atoms with van der Waals surface area (Å²) in [7, 11) is 0. The summed E-state index contributed by atoms with van der Waals surface area (Å²) in [6.07, 6.45) is 18.3. The van der Waals surface area contributed by atoms with Gasteiger partial charge in [0.2, 0.25) is 29.5 Å². The molecule has 0 aromatic carbocycles. The van der Waals surface area contributed by atoms with Crippen LogP contribution in [-0.2, 0) is 105 Å². The number of nitrogens with one attached hydrogen (secondary N) is 6. The summed E-state index contributed by atoms with van der Waals surface area (Å²) in [5.41, 5.74) is -6.52. The smallest absolute Gasteiger partial charge is 1.00 e. The van der Waals surface area contributed by atoms with Crippen LogP contribution >= 0.6 is 0 Å². The number of likely N-dealkylation sites (tertiary alicyclic amines) is 2. The number of alkyl carbamates (subject to hydrolysis) is 3. The second-order valence-electron chi connectivity index (χ2n) is 36.4. The van der Waals surface area contributed by atoms with Crippen LogP contribution in [0.2, 0.25) is 0 Å². The standard InChI is InChI=1S/C29H45N3O8.C27H41N3O8.C20H30N2O7.C14H25NO4.Li.H2O.H/c1-8-11-12-13-14-15-22(30-27(37)40-28(5,6)7)25(35)32-18-21(39-19(4)33)16-23(32)24(34)31-29(17-20(29)9-2)26(36)38-10-3;1-6-36-24(34)27-15-18(27)12-10-8-7-9-11-13-20(28-25(35)38-26(3,4)5)23(33)30-16-19(37-17(2)31)14-21(30)22(32)29-27;1-7-13-10-20(13,17(25)27-8-2)21-16(24)15-9-14(28-12(3)23)11-22(15)18(26)29-19(4,5)6;1-5-6-7-8-9-10-11(12(16)17)15-13(18)19-14(2,3)4;;;/h8-9,20-23H,1-2,10-18H2,3-7H3,(H,30,37)(H,31,34);10,12,18-21H,6-9,11,13-16H2,1-5H3,(H,28,35)(H,29,32);7,13-15H,1,8-11H2,2-6H3,(H,21,24);5,11H,1,6-10H2,2-4H3,(H,15,18)(H,16,17);;1H2;/q;;;;+1;;-1/b;12-10-;;;;;/t20-,21-,22+,23+,29-;18-,19-,20+,21+,27-;13-,14-,15+,20-;;;;/m111..../s1. The first kappa shape index (κ1) is 114. The van der Waals surface area contributed by atoms with Gasteiger partial charge in [-0.25, -0.2) is 38.4 Å². The summed E-state index contributed by atoms with van der Waals surface area (Å²) in [6, 6.07) is -5.74. The van der Waals surface area contributed by atoms with Gasteiger partial charge >= 0.3 is 85.0 Å². The zero-order valence-electron chi connectivity index (χ0n) is 79.7. The molecule has 3 saturated heterocycles. The van der Waals surface area contributed by atoms with E-state index in [2.05, 4.69) is 58.2 Å². The summed E-state index contributed by atoms with van der Waals surface area (Å²) in [5, 5.41) is 25.2. The Bertz CT molecular complexity index is 3890. The Balaban J connectivity index is 0.000000880. The predicted octanol–water partition coefficient (Wildman–Crippen LogP) is 6.49. The topological polar surface area (TPSA) is 499 Å². The number of aliphatic carboxylic acids is 1. The summed E-state index contributed by atoms with van der Waals surface area (Å²) in [6.45, 7) is 44.8. The number of nitrogens with zero attached hydrogens (tertiary/aromatic N) is 3. The third-order valence-corrected chi connectivity index (χ3v) is 21.0. The van der Waals surface area contributed by atoms with Gasteiger partial charge in [-0.05, 0) is 181 Å². The maximum atomic E-state index is 13.9. The maximum Gasteiger partial charge on any atom is 1.00 e. The Morgan fingerprint density at radius 3 is 1.39 bits per heavy atom. The number of carboxylic acids is 1. The van der Waals surface area contributed by atoms with Gasteiger partial charge < -0.3 is 101 Å². The van der Waals surface area contributed by atoms with Crippen LogP contribution in [0.3, 0.4) is 0 Å². The first-order valence-electron chi connectivity index (χ1n) is 43.8. The van der Waals surface area contributed by atoms with E-state index >= 15 is 0 Å². The largest absolute Gasteiger partial charge is 1.00 e. The minimum atomic E-state index is -1.25. The average molecular weight is 1810 g/mol. The zero-order valence-corrected chi connectivity index (χ0v) is 78.7. The number of hydrogen-bond acceptors (Lipinski definition) is 26. The summed E-state index contributed by atoms with van der Waals surface area (Å²) < 4.78 is 52.6. The van der Waals surface area contributed by atoms with Gasteiger partial charge in [-0.2, -0.15) is 0 Å². The van der Waals surface area contributed by atoms with Crippen LogP contribution in [0.4, 0.5) is 19.2 Å². The Labute approximate surface area is 766 Å². The van der Waals surface area contributed by atoms with E-state index in [0.717, 1.165) is 64.2 Å². The van der Waals surface area contributed by atoms with E-state index in [-0.39, 0.29) is 102 Å². The Morgan fingerprint density at radius 2 is 0.969 bits per heavy atom. The average Bonchev–Trinajstić information content (AvgIpc) is 1.58. The van der Waals surface area contributed by atoms with Crippen molar-refractivity contribution in [2.75, 3.05) is 39.5 Å². The van der Waals surface area contributed by atoms with Crippen molar-refractivity contribution in [2.45, 2.75) is 353 Å². The number of carbonyl (C=O) groups excluding carboxylic acids is 15. The van der Waals surface area contributed by atoms with Crippen LogP contribution < -0.4 is 50.8 Å². The molecule has 15 atom stereocenters. The number of ether oxygens (including phenoxy) is 10. The monoisotopic (exact) mass is 1810 g/mol. The number of rotatable bonds is 32. The number of allylic oxidation sites excluding steroid dienone is 3. The molecule has 4 heterocycles. The molecule has 38 heteroatoms. The van der Waals surface area contributed by atoms with E-state index in [0.29, 0.717) is 51.4 Å². The van der Waals surface area contributed by atoms with Crippen molar-refractivity contribution in [3.05, 3.63) is 62.8 Å². The van der Waals surface area contributed by atoms with Crippen LogP contribution in [0.5, 0.6) is 0 Å². The Morgan fingerprint density at radius 1 is 0.547 bits per heavy atom. The molecule has 0 radical (unpaired) electrons.